The summed E-state index contributed by atoms with van der Waals surface area (Å²) in [6.45, 7) is 1.96. The highest BCUT2D eigenvalue weighted by atomic mass is 19.1. The molecule has 0 spiro atoms. The third-order valence-electron chi connectivity index (χ3n) is 7.05. The molecular formula is C23H25FN4O4. The minimum Gasteiger partial charge on any atom is -0.492 e. The maximum absolute atomic E-state index is 15.3. The second kappa shape index (κ2) is 7.48. The van der Waals surface area contributed by atoms with Crippen LogP contribution in [0.15, 0.2) is 17.1 Å². The van der Waals surface area contributed by atoms with Crippen LogP contribution in [0.5, 0.6) is 5.75 Å². The van der Waals surface area contributed by atoms with E-state index in [-0.39, 0.29) is 28.3 Å². The summed E-state index contributed by atoms with van der Waals surface area (Å²) in [5, 5.41) is 21.8. The largest absolute Gasteiger partial charge is 0.492 e. The number of halogens is 1. The van der Waals surface area contributed by atoms with Crippen LogP contribution < -0.4 is 20.4 Å². The molecule has 3 fully saturated rings. The summed E-state index contributed by atoms with van der Waals surface area (Å²) in [6, 6.07) is 3.38. The van der Waals surface area contributed by atoms with Gasteiger partial charge in [0.1, 0.15) is 11.3 Å². The van der Waals surface area contributed by atoms with Gasteiger partial charge in [0.05, 0.1) is 24.1 Å². The number of carboxylic acids is 1. The number of fused-ring (bicyclic) bond motifs is 1. The van der Waals surface area contributed by atoms with Crippen LogP contribution in [-0.4, -0.2) is 47.9 Å². The topological polar surface area (TPSA) is 108 Å². The number of hydrogen-bond donors (Lipinski definition) is 2. The maximum atomic E-state index is 15.3. The normalized spacial score (nSPS) is 19.5. The van der Waals surface area contributed by atoms with Crippen LogP contribution >= 0.6 is 0 Å². The van der Waals surface area contributed by atoms with Crippen molar-refractivity contribution in [3.63, 3.8) is 0 Å². The molecule has 8 nitrogen and oxygen atoms in total. The number of nitriles is 1. The van der Waals surface area contributed by atoms with Crippen LogP contribution in [-0.2, 0) is 0 Å². The Bertz CT molecular complexity index is 1200. The van der Waals surface area contributed by atoms with E-state index < -0.39 is 17.2 Å². The molecule has 0 radical (unpaired) electrons. The first-order chi connectivity index (χ1) is 15.4. The van der Waals surface area contributed by atoms with Crippen LogP contribution in [0.3, 0.4) is 0 Å². The number of methoxy groups -OCH3 is 1. The van der Waals surface area contributed by atoms with Crippen molar-refractivity contribution >= 4 is 22.6 Å². The van der Waals surface area contributed by atoms with Crippen molar-refractivity contribution in [3.05, 3.63) is 33.9 Å². The first-order valence-corrected chi connectivity index (χ1v) is 11.0. The molecule has 2 heterocycles. The highest BCUT2D eigenvalue weighted by molar-refractivity contribution is 5.97. The molecule has 1 aromatic carbocycles. The number of hydrogen-bond acceptors (Lipinski definition) is 6. The van der Waals surface area contributed by atoms with Gasteiger partial charge in [0.15, 0.2) is 11.6 Å². The third-order valence-corrected chi connectivity index (χ3v) is 7.05. The first-order valence-electron chi connectivity index (χ1n) is 11.0. The van der Waals surface area contributed by atoms with Gasteiger partial charge in [0.2, 0.25) is 5.43 Å². The third kappa shape index (κ3) is 3.21. The van der Waals surface area contributed by atoms with Gasteiger partial charge in [-0.3, -0.25) is 4.79 Å². The predicted molar refractivity (Wildman–Crippen MR) is 116 cm³/mol. The van der Waals surface area contributed by atoms with Gasteiger partial charge >= 0.3 is 5.97 Å². The molecule has 1 aliphatic heterocycles. The second-order valence-electron chi connectivity index (χ2n) is 9.04. The van der Waals surface area contributed by atoms with Crippen molar-refractivity contribution in [2.45, 2.75) is 43.7 Å². The molecule has 32 heavy (non-hydrogen) atoms. The highest BCUT2D eigenvalue weighted by Crippen LogP contribution is 2.50. The molecule has 2 saturated carbocycles. The fourth-order valence-electron chi connectivity index (χ4n) is 4.97. The number of carbonyl (C=O) groups is 1. The van der Waals surface area contributed by atoms with Crippen molar-refractivity contribution in [1.82, 2.24) is 9.88 Å². The molecule has 0 atom stereocenters. The summed E-state index contributed by atoms with van der Waals surface area (Å²) in [5.41, 5.74) is -0.255. The van der Waals surface area contributed by atoms with Crippen molar-refractivity contribution in [2.75, 3.05) is 31.6 Å². The van der Waals surface area contributed by atoms with E-state index in [4.69, 9.17) is 10.00 Å². The predicted octanol–water partition coefficient (Wildman–Crippen LogP) is 2.65. The molecule has 1 saturated heterocycles. The number of nitrogens with zero attached hydrogens (tertiary/aromatic N) is 3. The van der Waals surface area contributed by atoms with Gasteiger partial charge in [-0.25, -0.2) is 9.18 Å². The van der Waals surface area contributed by atoms with E-state index in [0.29, 0.717) is 43.2 Å². The number of ether oxygens (including phenoxy) is 1. The standard InChI is InChI=1S/C23H25FN4O4/c1-32-21-18-15(20(29)16(22(30)31)12-28(18)14-3-4-14)9-17(24)19(21)27-10-13(11-27)23(5-6-23)26-8-2-7-25/h9,12-14,26H,2-6,8,10-11H2,1H3,(H,30,31). The Hall–Kier alpha value is -3.12. The Morgan fingerprint density at radius 1 is 1.41 bits per heavy atom. The molecule has 0 unspecified atom stereocenters. The van der Waals surface area contributed by atoms with Crippen LogP contribution in [0.2, 0.25) is 0 Å². The van der Waals surface area contributed by atoms with E-state index in [1.54, 1.807) is 4.57 Å². The van der Waals surface area contributed by atoms with Gasteiger partial charge in [0.25, 0.3) is 0 Å². The van der Waals surface area contributed by atoms with E-state index >= 15 is 4.39 Å². The first kappa shape index (κ1) is 20.8. The molecule has 5 rings (SSSR count). The average molecular weight is 440 g/mol. The van der Waals surface area contributed by atoms with Crippen LogP contribution in [0, 0.1) is 23.1 Å². The molecular weight excluding hydrogens is 415 g/mol. The van der Waals surface area contributed by atoms with Gasteiger partial charge in [-0.2, -0.15) is 5.26 Å². The molecule has 2 aromatic rings. The van der Waals surface area contributed by atoms with Crippen molar-refractivity contribution < 1.29 is 19.0 Å². The number of anilines is 1. The molecule has 3 aliphatic rings. The second-order valence-corrected chi connectivity index (χ2v) is 9.04. The summed E-state index contributed by atoms with van der Waals surface area (Å²) in [6.07, 6.45) is 5.67. The van der Waals surface area contributed by atoms with Crippen LogP contribution in [0.25, 0.3) is 10.9 Å². The summed E-state index contributed by atoms with van der Waals surface area (Å²) in [5.74, 6) is -1.28. The number of pyridine rings is 1. The molecule has 2 aliphatic carbocycles. The van der Waals surface area contributed by atoms with E-state index in [1.165, 1.54) is 13.3 Å². The molecule has 0 amide bonds. The van der Waals surface area contributed by atoms with Crippen molar-refractivity contribution in [1.29, 1.82) is 5.26 Å². The fourth-order valence-corrected chi connectivity index (χ4v) is 4.97. The lowest BCUT2D eigenvalue weighted by molar-refractivity contribution is 0.0695. The van der Waals surface area contributed by atoms with Gasteiger partial charge in [-0.1, -0.05) is 0 Å². The van der Waals surface area contributed by atoms with Gasteiger partial charge in [0, 0.05) is 49.8 Å². The minimum atomic E-state index is -1.32. The van der Waals surface area contributed by atoms with E-state index in [1.807, 2.05) is 4.90 Å². The molecule has 1 aromatic heterocycles. The summed E-state index contributed by atoms with van der Waals surface area (Å²) in [7, 11) is 1.45. The zero-order valence-corrected chi connectivity index (χ0v) is 17.9. The lowest BCUT2D eigenvalue weighted by Crippen LogP contribution is -2.57. The fraction of sp³-hybridized carbons (Fsp3) is 0.522. The number of rotatable bonds is 8. The summed E-state index contributed by atoms with van der Waals surface area (Å²) < 4.78 is 22.7. The number of nitrogens with one attached hydrogen (secondary N) is 1. The molecule has 0 bridgehead atoms. The van der Waals surface area contributed by atoms with Crippen LogP contribution in [0.4, 0.5) is 10.1 Å². The molecule has 2 N–H and O–H groups in total. The van der Waals surface area contributed by atoms with E-state index in [0.717, 1.165) is 31.7 Å². The zero-order chi connectivity index (χ0) is 22.6. The molecule has 168 valence electrons. The number of carboxylic acid groups (broad SMARTS) is 1. The van der Waals surface area contributed by atoms with Crippen molar-refractivity contribution in [3.8, 4) is 11.8 Å². The number of aromatic nitrogens is 1. The Morgan fingerprint density at radius 3 is 2.69 bits per heavy atom. The zero-order valence-electron chi connectivity index (χ0n) is 17.9. The number of aromatic carboxylic acids is 1. The van der Waals surface area contributed by atoms with Gasteiger partial charge in [-0.05, 0) is 31.7 Å². The Morgan fingerprint density at radius 2 is 2.12 bits per heavy atom. The Kier molecular flexibility index (Phi) is 4.86. The van der Waals surface area contributed by atoms with Crippen LogP contribution in [0.1, 0.15) is 48.5 Å². The summed E-state index contributed by atoms with van der Waals surface area (Å²) >= 11 is 0. The number of benzene rings is 1. The average Bonchev–Trinajstić information content (AvgIpc) is 3.64. The lowest BCUT2D eigenvalue weighted by atomic mass is 9.88. The van der Waals surface area contributed by atoms with Gasteiger partial charge in [-0.15, -0.1) is 0 Å². The Labute approximate surface area is 184 Å². The van der Waals surface area contributed by atoms with Crippen molar-refractivity contribution in [2.24, 2.45) is 5.92 Å². The lowest BCUT2D eigenvalue weighted by Gasteiger charge is -2.46. The van der Waals surface area contributed by atoms with Gasteiger partial charge < -0.3 is 24.6 Å². The quantitative estimate of drug-likeness (QED) is 0.608. The van der Waals surface area contributed by atoms with E-state index in [9.17, 15) is 14.7 Å². The van der Waals surface area contributed by atoms with E-state index in [2.05, 4.69) is 11.4 Å². The Balaban J connectivity index is 1.53. The molecule has 9 heteroatoms. The summed E-state index contributed by atoms with van der Waals surface area (Å²) in [4.78, 5) is 26.3. The SMILES string of the molecule is COc1c(N2CC(C3(NCCC#N)CC3)C2)c(F)cc2c(=O)c(C(=O)O)cn(C3CC3)c12. The highest BCUT2D eigenvalue weighted by Gasteiger charge is 2.53. The monoisotopic (exact) mass is 440 g/mol. The smallest absolute Gasteiger partial charge is 0.341 e. The maximum Gasteiger partial charge on any atom is 0.341 e. The minimum absolute atomic E-state index is 0.0282.